The number of H-pyrrole nitrogens is 1. The van der Waals surface area contributed by atoms with Crippen LogP contribution in [0.25, 0.3) is 11.4 Å². The molecule has 0 saturated carbocycles. The molecule has 3 nitrogen and oxygen atoms in total. The fourth-order valence-electron chi connectivity index (χ4n) is 2.36. The van der Waals surface area contributed by atoms with E-state index in [1.165, 1.54) is 0 Å². The molecule has 2 rings (SSSR count). The summed E-state index contributed by atoms with van der Waals surface area (Å²) in [6.45, 7) is 6.59. The van der Waals surface area contributed by atoms with Gasteiger partial charge in [-0.15, -0.1) is 0 Å². The van der Waals surface area contributed by atoms with Crippen molar-refractivity contribution in [2.45, 2.75) is 39.2 Å². The summed E-state index contributed by atoms with van der Waals surface area (Å²) in [5, 5.41) is 7.30. The zero-order valence-electron chi connectivity index (χ0n) is 11.1. The lowest BCUT2D eigenvalue weighted by molar-refractivity contribution is 0.323. The molecular formula is C14H19N3S. The Bertz CT molecular complexity index is 566. The van der Waals surface area contributed by atoms with Gasteiger partial charge in [-0.05, 0) is 32.5 Å². The van der Waals surface area contributed by atoms with Crippen LogP contribution in [0.1, 0.15) is 33.6 Å². The minimum Gasteiger partial charge on any atom is -0.295 e. The standard InChI is InChI=1S/C14H19N3S/c1-4-10-14(2,3)17-12(15-16-13(17)18)11-8-6-5-7-9-11/h5-9H,4,10H2,1-3H3,(H,16,18). The minimum absolute atomic E-state index is 0.0238. The molecule has 0 fully saturated rings. The van der Waals surface area contributed by atoms with E-state index in [-0.39, 0.29) is 5.54 Å². The molecule has 0 spiro atoms. The van der Waals surface area contributed by atoms with Gasteiger partial charge in [-0.1, -0.05) is 43.7 Å². The molecule has 1 N–H and O–H groups in total. The lowest BCUT2D eigenvalue weighted by Crippen LogP contribution is -2.27. The van der Waals surface area contributed by atoms with Crippen molar-refractivity contribution in [1.82, 2.24) is 14.8 Å². The number of rotatable bonds is 4. The van der Waals surface area contributed by atoms with Crippen molar-refractivity contribution < 1.29 is 0 Å². The summed E-state index contributed by atoms with van der Waals surface area (Å²) in [6, 6.07) is 10.2. The molecule has 1 aromatic carbocycles. The first kappa shape index (κ1) is 13.0. The maximum Gasteiger partial charge on any atom is 0.195 e. The summed E-state index contributed by atoms with van der Waals surface area (Å²) in [5.41, 5.74) is 1.07. The van der Waals surface area contributed by atoms with Gasteiger partial charge >= 0.3 is 0 Å². The molecule has 0 amide bonds. The van der Waals surface area contributed by atoms with Crippen LogP contribution in [0.2, 0.25) is 0 Å². The van der Waals surface area contributed by atoms with E-state index >= 15 is 0 Å². The molecule has 1 heterocycles. The molecule has 96 valence electrons. The van der Waals surface area contributed by atoms with E-state index in [0.29, 0.717) is 4.77 Å². The highest BCUT2D eigenvalue weighted by molar-refractivity contribution is 7.71. The number of benzene rings is 1. The van der Waals surface area contributed by atoms with Crippen LogP contribution in [-0.4, -0.2) is 14.8 Å². The van der Waals surface area contributed by atoms with Gasteiger partial charge in [-0.25, -0.2) is 0 Å². The predicted molar refractivity (Wildman–Crippen MR) is 77.1 cm³/mol. The minimum atomic E-state index is -0.0238. The lowest BCUT2D eigenvalue weighted by atomic mass is 9.98. The Hall–Kier alpha value is -1.42. The van der Waals surface area contributed by atoms with Gasteiger partial charge < -0.3 is 0 Å². The molecule has 0 radical (unpaired) electrons. The Balaban J connectivity index is 2.56. The SMILES string of the molecule is CCCC(C)(C)n1c(-c2ccccc2)n[nH]c1=S. The van der Waals surface area contributed by atoms with Crippen molar-refractivity contribution in [3.8, 4) is 11.4 Å². The van der Waals surface area contributed by atoms with Crippen molar-refractivity contribution in [3.05, 3.63) is 35.1 Å². The monoisotopic (exact) mass is 261 g/mol. The summed E-state index contributed by atoms with van der Waals surface area (Å²) < 4.78 is 2.81. The van der Waals surface area contributed by atoms with Crippen molar-refractivity contribution in [1.29, 1.82) is 0 Å². The van der Waals surface area contributed by atoms with Gasteiger partial charge in [-0.3, -0.25) is 9.67 Å². The molecule has 18 heavy (non-hydrogen) atoms. The lowest BCUT2D eigenvalue weighted by Gasteiger charge is -2.27. The topological polar surface area (TPSA) is 33.6 Å². The van der Waals surface area contributed by atoms with Gasteiger partial charge in [0.1, 0.15) is 0 Å². The number of aromatic amines is 1. The molecule has 0 aliphatic rings. The van der Waals surface area contributed by atoms with E-state index in [1.54, 1.807) is 0 Å². The second-order valence-corrected chi connectivity index (χ2v) is 5.50. The van der Waals surface area contributed by atoms with Gasteiger partial charge in [-0.2, -0.15) is 5.10 Å². The average Bonchev–Trinajstić information content (AvgIpc) is 2.73. The van der Waals surface area contributed by atoms with Gasteiger partial charge in [0, 0.05) is 11.1 Å². The van der Waals surface area contributed by atoms with Crippen LogP contribution in [0.5, 0.6) is 0 Å². The molecule has 0 atom stereocenters. The summed E-state index contributed by atoms with van der Waals surface area (Å²) in [7, 11) is 0. The first-order chi connectivity index (χ1) is 8.56. The molecular weight excluding hydrogens is 242 g/mol. The summed E-state index contributed by atoms with van der Waals surface area (Å²) >= 11 is 5.38. The largest absolute Gasteiger partial charge is 0.295 e. The van der Waals surface area contributed by atoms with Crippen LogP contribution >= 0.6 is 12.2 Å². The summed E-state index contributed by atoms with van der Waals surface area (Å²) in [4.78, 5) is 0. The first-order valence-corrected chi connectivity index (χ1v) is 6.70. The zero-order chi connectivity index (χ0) is 13.2. The van der Waals surface area contributed by atoms with E-state index in [0.717, 1.165) is 24.2 Å². The van der Waals surface area contributed by atoms with Gasteiger partial charge in [0.2, 0.25) is 0 Å². The first-order valence-electron chi connectivity index (χ1n) is 6.29. The van der Waals surface area contributed by atoms with Crippen molar-refractivity contribution >= 4 is 12.2 Å². The van der Waals surface area contributed by atoms with Crippen LogP contribution in [0.15, 0.2) is 30.3 Å². The molecule has 2 aromatic rings. The molecule has 0 saturated heterocycles. The van der Waals surface area contributed by atoms with Gasteiger partial charge in [0.25, 0.3) is 0 Å². The Morgan fingerprint density at radius 3 is 2.56 bits per heavy atom. The van der Waals surface area contributed by atoms with E-state index in [1.807, 2.05) is 18.2 Å². The Labute approximate surface area is 113 Å². The number of nitrogens with one attached hydrogen (secondary N) is 1. The molecule has 0 bridgehead atoms. The van der Waals surface area contributed by atoms with Crippen LogP contribution in [0, 0.1) is 4.77 Å². The molecule has 0 aliphatic heterocycles. The number of nitrogens with zero attached hydrogens (tertiary/aromatic N) is 2. The summed E-state index contributed by atoms with van der Waals surface area (Å²) in [5.74, 6) is 0.916. The van der Waals surface area contributed by atoms with Gasteiger partial charge in [0.05, 0.1) is 0 Å². The highest BCUT2D eigenvalue weighted by atomic mass is 32.1. The highest BCUT2D eigenvalue weighted by Gasteiger charge is 2.24. The molecule has 1 aromatic heterocycles. The number of hydrogen-bond donors (Lipinski definition) is 1. The van der Waals surface area contributed by atoms with Crippen LogP contribution in [0.4, 0.5) is 0 Å². The fourth-order valence-corrected chi connectivity index (χ4v) is 2.74. The second-order valence-electron chi connectivity index (χ2n) is 5.12. The Kier molecular flexibility index (Phi) is 3.66. The molecule has 0 unspecified atom stereocenters. The summed E-state index contributed by atoms with van der Waals surface area (Å²) in [6.07, 6.45) is 2.19. The molecule has 4 heteroatoms. The third kappa shape index (κ3) is 2.38. The maximum atomic E-state index is 5.38. The normalized spacial score (nSPS) is 11.7. The Morgan fingerprint density at radius 2 is 1.94 bits per heavy atom. The number of aromatic nitrogens is 3. The number of hydrogen-bond acceptors (Lipinski definition) is 2. The average molecular weight is 261 g/mol. The second kappa shape index (κ2) is 5.06. The van der Waals surface area contributed by atoms with E-state index in [2.05, 4.69) is 47.7 Å². The highest BCUT2D eigenvalue weighted by Crippen LogP contribution is 2.28. The van der Waals surface area contributed by atoms with Crippen molar-refractivity contribution in [2.24, 2.45) is 0 Å². The third-order valence-corrected chi connectivity index (χ3v) is 3.45. The van der Waals surface area contributed by atoms with Crippen molar-refractivity contribution in [2.75, 3.05) is 0 Å². The van der Waals surface area contributed by atoms with Crippen LogP contribution in [0.3, 0.4) is 0 Å². The van der Waals surface area contributed by atoms with E-state index < -0.39 is 0 Å². The zero-order valence-corrected chi connectivity index (χ0v) is 11.9. The van der Waals surface area contributed by atoms with E-state index in [9.17, 15) is 0 Å². The van der Waals surface area contributed by atoms with Crippen LogP contribution in [-0.2, 0) is 5.54 Å². The predicted octanol–water partition coefficient (Wildman–Crippen LogP) is 4.14. The van der Waals surface area contributed by atoms with E-state index in [4.69, 9.17) is 12.2 Å². The molecule has 0 aliphatic carbocycles. The quantitative estimate of drug-likeness (QED) is 0.839. The maximum absolute atomic E-state index is 5.38. The van der Waals surface area contributed by atoms with Crippen molar-refractivity contribution in [3.63, 3.8) is 0 Å². The smallest absolute Gasteiger partial charge is 0.195 e. The fraction of sp³-hybridized carbons (Fsp3) is 0.429. The Morgan fingerprint density at radius 1 is 1.28 bits per heavy atom. The third-order valence-electron chi connectivity index (χ3n) is 3.17. The van der Waals surface area contributed by atoms with Gasteiger partial charge in [0.15, 0.2) is 10.6 Å². The van der Waals surface area contributed by atoms with Crippen LogP contribution < -0.4 is 0 Å².